The fourth-order valence-electron chi connectivity index (χ4n) is 4.18. The maximum absolute atomic E-state index is 13.3. The average Bonchev–Trinajstić information content (AvgIpc) is 3.06. The summed E-state index contributed by atoms with van der Waals surface area (Å²) in [4.78, 5) is 39.9. The summed E-state index contributed by atoms with van der Waals surface area (Å²) in [5.41, 5.74) is 2.97. The van der Waals surface area contributed by atoms with Crippen LogP contribution in [0.1, 0.15) is 50.4 Å². The van der Waals surface area contributed by atoms with Gasteiger partial charge in [0, 0.05) is 6.54 Å². The van der Waals surface area contributed by atoms with Crippen LogP contribution in [0, 0.1) is 19.8 Å². The van der Waals surface area contributed by atoms with Gasteiger partial charge in [-0.25, -0.2) is 13.1 Å². The van der Waals surface area contributed by atoms with Crippen LogP contribution in [0.15, 0.2) is 77.7 Å². The fourth-order valence-corrected chi connectivity index (χ4v) is 5.44. The predicted molar refractivity (Wildman–Crippen MR) is 131 cm³/mol. The molecule has 0 aliphatic carbocycles. The molecular formula is C27H26N2O5S. The standard InChI is InChI=1S/C27H26N2O5S/c1-17-8-12-20(13-9-17)25(28-35(33,34)21-14-10-18(2)11-15-21)24(19(3)30)16-29-26(31)22-6-4-5-7-23(22)27(29)32/h4-15,24-25,28H,16H2,1-3H3. The lowest BCUT2D eigenvalue weighted by atomic mass is 9.89. The highest BCUT2D eigenvalue weighted by Crippen LogP contribution is 2.30. The fraction of sp³-hybridized carbons (Fsp3) is 0.222. The van der Waals surface area contributed by atoms with Crippen LogP contribution in [0.3, 0.4) is 0 Å². The van der Waals surface area contributed by atoms with Crippen molar-refractivity contribution in [3.63, 3.8) is 0 Å². The number of nitrogens with zero attached hydrogens (tertiary/aromatic N) is 1. The smallest absolute Gasteiger partial charge is 0.261 e. The third-order valence-corrected chi connectivity index (χ3v) is 7.69. The van der Waals surface area contributed by atoms with E-state index in [0.717, 1.165) is 16.0 Å². The first kappa shape index (κ1) is 24.5. The number of rotatable bonds is 8. The van der Waals surface area contributed by atoms with Crippen molar-refractivity contribution in [2.45, 2.75) is 31.7 Å². The number of carbonyl (C=O) groups excluding carboxylic acids is 3. The molecule has 35 heavy (non-hydrogen) atoms. The molecular weight excluding hydrogens is 464 g/mol. The number of Topliss-reactive ketones (excluding diaryl/α,β-unsaturated/α-hetero) is 1. The Morgan fingerprint density at radius 2 is 1.31 bits per heavy atom. The molecule has 0 aromatic heterocycles. The molecule has 1 N–H and O–H groups in total. The maximum atomic E-state index is 13.3. The van der Waals surface area contributed by atoms with E-state index in [1.807, 2.05) is 26.0 Å². The largest absolute Gasteiger partial charge is 0.300 e. The van der Waals surface area contributed by atoms with Crippen LogP contribution in [0.4, 0.5) is 0 Å². The van der Waals surface area contributed by atoms with Crippen LogP contribution in [0.2, 0.25) is 0 Å². The van der Waals surface area contributed by atoms with Crippen LogP contribution in [-0.4, -0.2) is 37.5 Å². The molecule has 7 nitrogen and oxygen atoms in total. The highest BCUT2D eigenvalue weighted by molar-refractivity contribution is 7.89. The van der Waals surface area contributed by atoms with E-state index in [-0.39, 0.29) is 28.4 Å². The molecule has 1 aliphatic rings. The molecule has 2 amide bonds. The van der Waals surface area contributed by atoms with Crippen molar-refractivity contribution in [3.05, 3.63) is 101 Å². The van der Waals surface area contributed by atoms with Crippen LogP contribution in [0.25, 0.3) is 0 Å². The SMILES string of the molecule is CC(=O)C(CN1C(=O)c2ccccc2C1=O)C(NS(=O)(=O)c1ccc(C)cc1)c1ccc(C)cc1. The first-order chi connectivity index (χ1) is 16.6. The van der Waals surface area contributed by atoms with Gasteiger partial charge in [-0.3, -0.25) is 19.3 Å². The van der Waals surface area contributed by atoms with Gasteiger partial charge >= 0.3 is 0 Å². The van der Waals surface area contributed by atoms with Gasteiger partial charge in [-0.2, -0.15) is 0 Å². The highest BCUT2D eigenvalue weighted by Gasteiger charge is 2.40. The van der Waals surface area contributed by atoms with Gasteiger partial charge < -0.3 is 0 Å². The minimum atomic E-state index is -4.02. The Bertz CT molecular complexity index is 1360. The van der Waals surface area contributed by atoms with E-state index in [1.54, 1.807) is 48.5 Å². The topological polar surface area (TPSA) is 101 Å². The number of hydrogen-bond acceptors (Lipinski definition) is 5. The van der Waals surface area contributed by atoms with Crippen molar-refractivity contribution in [2.24, 2.45) is 5.92 Å². The highest BCUT2D eigenvalue weighted by atomic mass is 32.2. The van der Waals surface area contributed by atoms with Crippen molar-refractivity contribution in [1.29, 1.82) is 0 Å². The summed E-state index contributed by atoms with van der Waals surface area (Å²) in [6.45, 7) is 4.84. The van der Waals surface area contributed by atoms with Crippen LogP contribution in [0.5, 0.6) is 0 Å². The lowest BCUT2D eigenvalue weighted by molar-refractivity contribution is -0.121. The molecule has 4 rings (SSSR count). The second-order valence-corrected chi connectivity index (χ2v) is 10.5. The molecule has 1 heterocycles. The molecule has 3 aromatic carbocycles. The van der Waals surface area contributed by atoms with Gasteiger partial charge in [-0.1, -0.05) is 59.7 Å². The molecule has 1 aliphatic heterocycles. The Labute approximate surface area is 204 Å². The summed E-state index contributed by atoms with van der Waals surface area (Å²) in [7, 11) is -4.02. The zero-order valence-electron chi connectivity index (χ0n) is 19.7. The van der Waals surface area contributed by atoms with Crippen LogP contribution >= 0.6 is 0 Å². The normalized spacial score (nSPS) is 15.1. The van der Waals surface area contributed by atoms with E-state index >= 15 is 0 Å². The zero-order chi connectivity index (χ0) is 25.3. The van der Waals surface area contributed by atoms with Gasteiger partial charge in [-0.15, -0.1) is 0 Å². The molecule has 8 heteroatoms. The third-order valence-electron chi connectivity index (χ3n) is 6.23. The maximum Gasteiger partial charge on any atom is 0.261 e. The summed E-state index contributed by atoms with van der Waals surface area (Å²) in [5, 5.41) is 0. The van der Waals surface area contributed by atoms with E-state index in [9.17, 15) is 22.8 Å². The molecule has 2 atom stereocenters. The Morgan fingerprint density at radius 3 is 1.80 bits per heavy atom. The van der Waals surface area contributed by atoms with Gasteiger partial charge in [0.1, 0.15) is 5.78 Å². The quantitative estimate of drug-likeness (QED) is 0.484. The van der Waals surface area contributed by atoms with Gasteiger partial charge in [0.15, 0.2) is 0 Å². The van der Waals surface area contributed by atoms with Gasteiger partial charge in [0.25, 0.3) is 11.8 Å². The minimum Gasteiger partial charge on any atom is -0.300 e. The number of benzene rings is 3. The molecule has 0 radical (unpaired) electrons. The number of ketones is 1. The molecule has 0 spiro atoms. The summed E-state index contributed by atoms with van der Waals surface area (Å²) < 4.78 is 29.3. The minimum absolute atomic E-state index is 0.0586. The van der Waals surface area contributed by atoms with E-state index in [0.29, 0.717) is 5.56 Å². The van der Waals surface area contributed by atoms with Gasteiger partial charge in [-0.05, 0) is 50.6 Å². The van der Waals surface area contributed by atoms with Crippen molar-refractivity contribution in [1.82, 2.24) is 9.62 Å². The van der Waals surface area contributed by atoms with Crippen LogP contribution in [-0.2, 0) is 14.8 Å². The van der Waals surface area contributed by atoms with Crippen molar-refractivity contribution < 1.29 is 22.8 Å². The summed E-state index contributed by atoms with van der Waals surface area (Å²) in [6.07, 6.45) is 0. The monoisotopic (exact) mass is 490 g/mol. The Balaban J connectivity index is 1.72. The third kappa shape index (κ3) is 4.94. The van der Waals surface area contributed by atoms with E-state index < -0.39 is 33.8 Å². The number of sulfonamides is 1. The Kier molecular flexibility index (Phi) is 6.69. The summed E-state index contributed by atoms with van der Waals surface area (Å²) >= 11 is 0. The van der Waals surface area contributed by atoms with Crippen molar-refractivity contribution in [2.75, 3.05) is 6.54 Å². The summed E-state index contributed by atoms with van der Waals surface area (Å²) in [6, 6.07) is 19.0. The molecule has 0 fully saturated rings. The Hall–Kier alpha value is -3.62. The van der Waals surface area contributed by atoms with Crippen LogP contribution < -0.4 is 4.72 Å². The number of carbonyl (C=O) groups is 3. The molecule has 0 saturated carbocycles. The van der Waals surface area contributed by atoms with Gasteiger partial charge in [0.2, 0.25) is 10.0 Å². The van der Waals surface area contributed by atoms with E-state index in [1.165, 1.54) is 19.1 Å². The number of hydrogen-bond donors (Lipinski definition) is 1. The predicted octanol–water partition coefficient (Wildman–Crippen LogP) is 3.82. The Morgan fingerprint density at radius 1 is 0.829 bits per heavy atom. The lowest BCUT2D eigenvalue weighted by Crippen LogP contribution is -2.44. The number of aryl methyl sites for hydroxylation is 2. The summed E-state index contributed by atoms with van der Waals surface area (Å²) in [5.74, 6) is -2.35. The average molecular weight is 491 g/mol. The molecule has 0 bridgehead atoms. The zero-order valence-corrected chi connectivity index (χ0v) is 20.5. The second kappa shape index (κ2) is 9.56. The number of fused-ring (bicyclic) bond motifs is 1. The number of nitrogens with one attached hydrogen (secondary N) is 1. The van der Waals surface area contributed by atoms with E-state index in [2.05, 4.69) is 4.72 Å². The molecule has 0 saturated heterocycles. The first-order valence-electron chi connectivity index (χ1n) is 11.2. The van der Waals surface area contributed by atoms with Gasteiger partial charge in [0.05, 0.1) is 28.0 Å². The lowest BCUT2D eigenvalue weighted by Gasteiger charge is -2.29. The molecule has 3 aromatic rings. The molecule has 2 unspecified atom stereocenters. The number of imide groups is 1. The van der Waals surface area contributed by atoms with Crippen molar-refractivity contribution >= 4 is 27.6 Å². The molecule has 180 valence electrons. The first-order valence-corrected chi connectivity index (χ1v) is 12.7. The van der Waals surface area contributed by atoms with Crippen molar-refractivity contribution in [3.8, 4) is 0 Å². The second-order valence-electron chi connectivity index (χ2n) is 8.81. The number of amides is 2. The van der Waals surface area contributed by atoms with E-state index in [4.69, 9.17) is 0 Å².